The zero-order chi connectivity index (χ0) is 35.1. The number of aromatic nitrogens is 7. The van der Waals surface area contributed by atoms with E-state index in [0.29, 0.717) is 23.8 Å². The minimum atomic E-state index is -3.75. The van der Waals surface area contributed by atoms with Gasteiger partial charge in [0.15, 0.2) is 5.82 Å². The number of carbonyl (C=O) groups excluding carboxylic acids is 1. The zero-order valence-electron chi connectivity index (χ0n) is 29.3. The third-order valence-electron chi connectivity index (χ3n) is 9.93. The van der Waals surface area contributed by atoms with Gasteiger partial charge in [0.2, 0.25) is 15.9 Å². The number of sulfonamides is 1. The molecule has 1 amide bonds. The van der Waals surface area contributed by atoms with Crippen molar-refractivity contribution in [1.82, 2.24) is 45.2 Å². The number of nitrogens with one attached hydrogen (secondary N) is 2. The Hall–Kier alpha value is -4.49. The molecule has 12 nitrogen and oxygen atoms in total. The molecule has 2 aromatic heterocycles. The minimum Gasteiger partial charge on any atom is -0.350 e. The first-order valence-electron chi connectivity index (χ1n) is 16.9. The average Bonchev–Trinajstić information content (AvgIpc) is 3.71. The second-order valence-corrected chi connectivity index (χ2v) is 15.7. The van der Waals surface area contributed by atoms with Crippen LogP contribution in [-0.2, 0) is 40.7 Å². The van der Waals surface area contributed by atoms with Crippen LogP contribution in [0.25, 0.3) is 11.0 Å². The predicted octanol–water partition coefficient (Wildman–Crippen LogP) is 4.93. The number of tetrazole rings is 1. The first-order chi connectivity index (χ1) is 23.3. The molecule has 0 bridgehead atoms. The number of amides is 1. The van der Waals surface area contributed by atoms with Crippen LogP contribution in [0.2, 0.25) is 0 Å². The van der Waals surface area contributed by atoms with Gasteiger partial charge in [0, 0.05) is 31.1 Å². The van der Waals surface area contributed by atoms with Gasteiger partial charge in [-0.3, -0.25) is 4.79 Å². The van der Waals surface area contributed by atoms with Gasteiger partial charge in [0.05, 0.1) is 16.8 Å². The summed E-state index contributed by atoms with van der Waals surface area (Å²) < 4.78 is 32.0. The van der Waals surface area contributed by atoms with E-state index in [4.69, 9.17) is 0 Å². The molecule has 3 aromatic carbocycles. The maximum atomic E-state index is 14.2. The van der Waals surface area contributed by atoms with Crippen molar-refractivity contribution in [2.45, 2.75) is 97.2 Å². The van der Waals surface area contributed by atoms with Crippen molar-refractivity contribution in [1.29, 1.82) is 0 Å². The van der Waals surface area contributed by atoms with Gasteiger partial charge >= 0.3 is 0 Å². The Morgan fingerprint density at radius 1 is 1.06 bits per heavy atom. The molecular formula is C36H45N9O3S. The van der Waals surface area contributed by atoms with Gasteiger partial charge in [-0.25, -0.2) is 13.1 Å². The number of benzene rings is 3. The number of rotatable bonds is 10. The molecule has 1 aliphatic rings. The monoisotopic (exact) mass is 683 g/mol. The SMILES string of the molecule is CC[C@H]1Cc2ccc(C)cc2S(=O)(=O)N(Cc2cc([C@@H](c3ccc4c(nnn4CC)c3C)C(C)(C)NC(=O)Cc3nn[nH]n3)ccc2C)C1. The highest BCUT2D eigenvalue weighted by Gasteiger charge is 2.37. The molecule has 0 saturated heterocycles. The van der Waals surface area contributed by atoms with Crippen LogP contribution in [-0.4, -0.2) is 66.3 Å². The molecule has 6 rings (SSSR count). The van der Waals surface area contributed by atoms with Crippen molar-refractivity contribution >= 4 is 27.0 Å². The Kier molecular flexibility index (Phi) is 9.42. The summed E-state index contributed by atoms with van der Waals surface area (Å²) in [6.45, 7) is 15.5. The van der Waals surface area contributed by atoms with E-state index in [0.717, 1.165) is 62.8 Å². The van der Waals surface area contributed by atoms with E-state index in [2.05, 4.69) is 67.4 Å². The number of aryl methyl sites for hydroxylation is 4. The Morgan fingerprint density at radius 3 is 2.57 bits per heavy atom. The topological polar surface area (TPSA) is 152 Å². The largest absolute Gasteiger partial charge is 0.350 e. The normalized spacial score (nSPS) is 17.1. The van der Waals surface area contributed by atoms with Crippen molar-refractivity contribution in [3.8, 4) is 0 Å². The summed E-state index contributed by atoms with van der Waals surface area (Å²) in [6.07, 6.45) is 1.58. The van der Waals surface area contributed by atoms with E-state index in [1.807, 2.05) is 70.5 Å². The summed E-state index contributed by atoms with van der Waals surface area (Å²) in [4.78, 5) is 13.8. The highest BCUT2D eigenvalue weighted by Crippen LogP contribution is 2.40. The number of hydrogen-bond donors (Lipinski definition) is 2. The maximum Gasteiger partial charge on any atom is 0.243 e. The summed E-state index contributed by atoms with van der Waals surface area (Å²) in [5.74, 6) is -0.0642. The Balaban J connectivity index is 1.43. The lowest BCUT2D eigenvalue weighted by molar-refractivity contribution is -0.122. The van der Waals surface area contributed by atoms with E-state index < -0.39 is 15.6 Å². The second-order valence-electron chi connectivity index (χ2n) is 13.8. The summed E-state index contributed by atoms with van der Waals surface area (Å²) in [7, 11) is -3.75. The number of hydrogen-bond acceptors (Lipinski definition) is 8. The fourth-order valence-corrected chi connectivity index (χ4v) is 9.03. The van der Waals surface area contributed by atoms with Crippen molar-refractivity contribution in [2.75, 3.05) is 6.54 Å². The van der Waals surface area contributed by atoms with Gasteiger partial charge in [-0.15, -0.1) is 15.3 Å². The molecule has 3 heterocycles. The number of aromatic amines is 1. The second kappa shape index (κ2) is 13.4. The smallest absolute Gasteiger partial charge is 0.243 e. The van der Waals surface area contributed by atoms with Crippen LogP contribution in [0.4, 0.5) is 0 Å². The molecule has 49 heavy (non-hydrogen) atoms. The van der Waals surface area contributed by atoms with Gasteiger partial charge in [-0.05, 0) is 105 Å². The van der Waals surface area contributed by atoms with Crippen molar-refractivity contribution in [3.63, 3.8) is 0 Å². The molecule has 0 saturated carbocycles. The Morgan fingerprint density at radius 2 is 1.86 bits per heavy atom. The summed E-state index contributed by atoms with van der Waals surface area (Å²) >= 11 is 0. The standard InChI is InChI=1S/C36H45N9O3S/c1-8-25-17-26-12-10-22(3)16-31(26)49(47,48)44(20-25)21-28-18-27(13-11-23(28)4)34(36(6,7)37-33(46)19-32-38-41-42-39-32)29-14-15-30-35(24(29)5)40-43-45(30)9-2/h10-16,18,25,34H,8-9,17,19-21H2,1-7H3,(H,37,46)(H,38,39,41,42)/t25-,34-/m0/s1. The first kappa shape index (κ1) is 34.4. The third-order valence-corrected chi connectivity index (χ3v) is 11.8. The van der Waals surface area contributed by atoms with Crippen LogP contribution in [0.3, 0.4) is 0 Å². The average molecular weight is 684 g/mol. The highest BCUT2D eigenvalue weighted by atomic mass is 32.2. The molecule has 0 radical (unpaired) electrons. The number of carbonyl (C=O) groups is 1. The molecule has 0 spiro atoms. The summed E-state index contributed by atoms with van der Waals surface area (Å²) in [5, 5.41) is 26.0. The molecule has 1 aliphatic heterocycles. The third kappa shape index (κ3) is 6.73. The number of fused-ring (bicyclic) bond motifs is 2. The lowest BCUT2D eigenvalue weighted by Gasteiger charge is -2.37. The molecule has 258 valence electrons. The van der Waals surface area contributed by atoms with E-state index >= 15 is 0 Å². The quantitative estimate of drug-likeness (QED) is 0.210. The van der Waals surface area contributed by atoms with E-state index in [1.54, 1.807) is 4.31 Å². The highest BCUT2D eigenvalue weighted by molar-refractivity contribution is 7.89. The molecule has 0 aliphatic carbocycles. The molecule has 0 unspecified atom stereocenters. The van der Waals surface area contributed by atoms with Gasteiger partial charge < -0.3 is 5.32 Å². The van der Waals surface area contributed by atoms with Crippen molar-refractivity contribution < 1.29 is 13.2 Å². The van der Waals surface area contributed by atoms with E-state index in [-0.39, 0.29) is 30.7 Å². The zero-order valence-corrected chi connectivity index (χ0v) is 30.1. The van der Waals surface area contributed by atoms with Crippen LogP contribution < -0.4 is 5.32 Å². The van der Waals surface area contributed by atoms with Crippen LogP contribution in [0.5, 0.6) is 0 Å². The fraction of sp³-hybridized carbons (Fsp3) is 0.444. The van der Waals surface area contributed by atoms with E-state index in [1.165, 1.54) is 0 Å². The molecule has 13 heteroatoms. The van der Waals surface area contributed by atoms with Crippen LogP contribution in [0.1, 0.15) is 84.8 Å². The molecular weight excluding hydrogens is 639 g/mol. The van der Waals surface area contributed by atoms with Crippen LogP contribution >= 0.6 is 0 Å². The van der Waals surface area contributed by atoms with Gasteiger partial charge in [0.25, 0.3) is 0 Å². The lowest BCUT2D eigenvalue weighted by Crippen LogP contribution is -2.49. The maximum absolute atomic E-state index is 14.2. The van der Waals surface area contributed by atoms with Gasteiger partial charge in [-0.2, -0.15) is 9.52 Å². The number of nitrogens with zero attached hydrogens (tertiary/aromatic N) is 7. The summed E-state index contributed by atoms with van der Waals surface area (Å²) in [5.41, 5.74) is 7.59. The minimum absolute atomic E-state index is 0.0268. The molecule has 5 aromatic rings. The molecule has 2 N–H and O–H groups in total. The summed E-state index contributed by atoms with van der Waals surface area (Å²) in [6, 6.07) is 16.1. The molecule has 2 atom stereocenters. The van der Waals surface area contributed by atoms with Crippen molar-refractivity contribution in [3.05, 3.63) is 93.3 Å². The lowest BCUT2D eigenvalue weighted by atomic mass is 9.74. The Labute approximate surface area is 287 Å². The molecule has 0 fully saturated rings. The van der Waals surface area contributed by atoms with Crippen LogP contribution in [0.15, 0.2) is 53.4 Å². The van der Waals surface area contributed by atoms with Gasteiger partial charge in [-0.1, -0.05) is 60.2 Å². The number of H-pyrrole nitrogens is 1. The van der Waals surface area contributed by atoms with E-state index in [9.17, 15) is 13.2 Å². The van der Waals surface area contributed by atoms with Crippen LogP contribution in [0, 0.1) is 26.7 Å². The van der Waals surface area contributed by atoms with Crippen molar-refractivity contribution in [2.24, 2.45) is 5.92 Å². The van der Waals surface area contributed by atoms with Gasteiger partial charge in [0.1, 0.15) is 5.52 Å². The predicted molar refractivity (Wildman–Crippen MR) is 187 cm³/mol. The first-order valence-corrected chi connectivity index (χ1v) is 18.3. The Bertz CT molecular complexity index is 2110. The fourth-order valence-electron chi connectivity index (χ4n) is 7.22.